The number of carbonyl (C=O) groups excluding carboxylic acids is 3. The van der Waals surface area contributed by atoms with Gasteiger partial charge in [0.25, 0.3) is 0 Å². The Hall–Kier alpha value is -2.90. The molecule has 0 radical (unpaired) electrons. The second-order valence-electron chi connectivity index (χ2n) is 8.38. The fourth-order valence-corrected chi connectivity index (χ4v) is 4.23. The summed E-state index contributed by atoms with van der Waals surface area (Å²) < 4.78 is 0. The molecule has 2 saturated heterocycles. The molecular formula is C23H31N3O5. The van der Waals surface area contributed by atoms with Crippen molar-refractivity contribution in [2.24, 2.45) is 0 Å². The van der Waals surface area contributed by atoms with Gasteiger partial charge in [-0.25, -0.2) is 0 Å². The third-order valence-corrected chi connectivity index (χ3v) is 6.09. The van der Waals surface area contributed by atoms with Crippen LogP contribution in [0.15, 0.2) is 24.3 Å². The van der Waals surface area contributed by atoms with Gasteiger partial charge in [0, 0.05) is 38.0 Å². The van der Waals surface area contributed by atoms with Crippen molar-refractivity contribution in [1.29, 1.82) is 0 Å². The lowest BCUT2D eigenvalue weighted by Crippen LogP contribution is -2.47. The number of carboxylic acid groups (broad SMARTS) is 1. The van der Waals surface area contributed by atoms with Crippen LogP contribution in [0.25, 0.3) is 0 Å². The molecule has 0 saturated carbocycles. The first-order chi connectivity index (χ1) is 14.9. The molecule has 0 aliphatic carbocycles. The molecule has 3 N–H and O–H groups in total. The summed E-state index contributed by atoms with van der Waals surface area (Å²) in [5, 5.41) is 14.2. The quantitative estimate of drug-likeness (QED) is 0.411. The number of unbranched alkanes of at least 4 members (excludes halogenated alkanes) is 2. The number of imide groups is 1. The molecule has 3 amide bonds. The van der Waals surface area contributed by atoms with Crippen molar-refractivity contribution in [1.82, 2.24) is 10.2 Å². The molecule has 1 unspecified atom stereocenters. The lowest BCUT2D eigenvalue weighted by atomic mass is 9.89. The third kappa shape index (κ3) is 6.80. The summed E-state index contributed by atoms with van der Waals surface area (Å²) in [6, 6.07) is 7.68. The van der Waals surface area contributed by atoms with E-state index >= 15 is 0 Å². The van der Waals surface area contributed by atoms with Gasteiger partial charge in [0.05, 0.1) is 0 Å². The van der Waals surface area contributed by atoms with Crippen molar-refractivity contribution < 1.29 is 24.3 Å². The molecule has 0 aromatic heterocycles. The van der Waals surface area contributed by atoms with Crippen LogP contribution >= 0.6 is 0 Å². The highest BCUT2D eigenvalue weighted by molar-refractivity contribution is 6.01. The number of nitrogens with zero attached hydrogens (tertiary/aromatic N) is 1. The Labute approximate surface area is 182 Å². The molecule has 2 heterocycles. The highest BCUT2D eigenvalue weighted by Crippen LogP contribution is 2.29. The van der Waals surface area contributed by atoms with Crippen LogP contribution in [0.3, 0.4) is 0 Å². The minimum atomic E-state index is -0.784. The molecule has 3 rings (SSSR count). The molecule has 1 atom stereocenters. The number of aliphatic carboxylic acids is 1. The molecule has 1 aromatic rings. The zero-order valence-electron chi connectivity index (χ0n) is 17.8. The van der Waals surface area contributed by atoms with Crippen LogP contribution < -0.4 is 10.6 Å². The maximum absolute atomic E-state index is 12.4. The normalized spacial score (nSPS) is 19.7. The highest BCUT2D eigenvalue weighted by Gasteiger charge is 2.27. The summed E-state index contributed by atoms with van der Waals surface area (Å²) in [5.74, 6) is -0.712. The maximum atomic E-state index is 12.4. The predicted octanol–water partition coefficient (Wildman–Crippen LogP) is 2.64. The van der Waals surface area contributed by atoms with Crippen molar-refractivity contribution in [2.75, 3.05) is 18.4 Å². The molecule has 168 valence electrons. The van der Waals surface area contributed by atoms with Gasteiger partial charge in [0.2, 0.25) is 17.7 Å². The van der Waals surface area contributed by atoms with Crippen molar-refractivity contribution in [2.45, 2.75) is 69.7 Å². The number of anilines is 1. The summed E-state index contributed by atoms with van der Waals surface area (Å²) in [5.41, 5.74) is 2.09. The second-order valence-corrected chi connectivity index (χ2v) is 8.38. The van der Waals surface area contributed by atoms with Crippen LogP contribution in [0.2, 0.25) is 0 Å². The number of nitrogens with one attached hydrogen (secondary N) is 2. The van der Waals surface area contributed by atoms with Gasteiger partial charge in [-0.3, -0.25) is 24.5 Å². The van der Waals surface area contributed by atoms with Gasteiger partial charge in [0.15, 0.2) is 0 Å². The summed E-state index contributed by atoms with van der Waals surface area (Å²) in [6.07, 6.45) is 5.49. The highest BCUT2D eigenvalue weighted by atomic mass is 16.4. The standard InChI is InChI=1S/C23H31N3O5/c27-20-11-10-19(23(31)25-20)24-18-8-6-16(7-9-18)17-12-14-26(15-13-17)21(28)4-2-1-3-5-22(29)30/h6-9,17,19,24H,1-5,10-15H2,(H,29,30)(H,25,27,31). The molecule has 8 heteroatoms. The lowest BCUT2D eigenvalue weighted by molar-refractivity contribution is -0.137. The van der Waals surface area contributed by atoms with Crippen LogP contribution in [0, 0.1) is 0 Å². The Kier molecular flexibility index (Phi) is 8.03. The minimum absolute atomic E-state index is 0.164. The summed E-state index contributed by atoms with van der Waals surface area (Å²) in [6.45, 7) is 1.49. The third-order valence-electron chi connectivity index (χ3n) is 6.09. The van der Waals surface area contributed by atoms with E-state index in [1.165, 1.54) is 5.56 Å². The first kappa shape index (κ1) is 22.8. The van der Waals surface area contributed by atoms with E-state index < -0.39 is 5.97 Å². The van der Waals surface area contributed by atoms with Crippen LogP contribution in [0.1, 0.15) is 69.3 Å². The summed E-state index contributed by atoms with van der Waals surface area (Å²) in [7, 11) is 0. The number of benzene rings is 1. The van der Waals surface area contributed by atoms with E-state index in [-0.39, 0.29) is 30.2 Å². The average Bonchev–Trinajstić information content (AvgIpc) is 2.76. The van der Waals surface area contributed by atoms with Crippen molar-refractivity contribution in [3.05, 3.63) is 29.8 Å². The number of hydrogen-bond donors (Lipinski definition) is 3. The van der Waals surface area contributed by atoms with E-state index in [0.29, 0.717) is 31.6 Å². The maximum Gasteiger partial charge on any atom is 0.303 e. The Morgan fingerprint density at radius 3 is 2.32 bits per heavy atom. The van der Waals surface area contributed by atoms with Gasteiger partial charge in [-0.2, -0.15) is 0 Å². The van der Waals surface area contributed by atoms with Crippen LogP contribution in [-0.2, 0) is 19.2 Å². The van der Waals surface area contributed by atoms with E-state index in [4.69, 9.17) is 5.11 Å². The Morgan fingerprint density at radius 2 is 1.68 bits per heavy atom. The van der Waals surface area contributed by atoms with E-state index in [9.17, 15) is 19.2 Å². The topological polar surface area (TPSA) is 116 Å². The minimum Gasteiger partial charge on any atom is -0.481 e. The zero-order valence-corrected chi connectivity index (χ0v) is 17.8. The summed E-state index contributed by atoms with van der Waals surface area (Å²) >= 11 is 0. The van der Waals surface area contributed by atoms with Crippen molar-refractivity contribution >= 4 is 29.4 Å². The van der Waals surface area contributed by atoms with Crippen LogP contribution in [-0.4, -0.2) is 52.8 Å². The Balaban J connectivity index is 1.40. The van der Waals surface area contributed by atoms with Gasteiger partial charge in [0.1, 0.15) is 6.04 Å². The number of hydrogen-bond acceptors (Lipinski definition) is 5. The molecule has 2 aliphatic heterocycles. The molecule has 31 heavy (non-hydrogen) atoms. The first-order valence-corrected chi connectivity index (χ1v) is 11.1. The zero-order chi connectivity index (χ0) is 22.2. The molecular weight excluding hydrogens is 398 g/mol. The molecule has 2 fully saturated rings. The second kappa shape index (κ2) is 10.9. The van der Waals surface area contributed by atoms with E-state index in [2.05, 4.69) is 22.8 Å². The number of carboxylic acids is 1. The van der Waals surface area contributed by atoms with Crippen LogP contribution in [0.5, 0.6) is 0 Å². The fraction of sp³-hybridized carbons (Fsp3) is 0.565. The molecule has 2 aliphatic rings. The van der Waals surface area contributed by atoms with E-state index in [0.717, 1.165) is 44.5 Å². The van der Waals surface area contributed by atoms with Crippen molar-refractivity contribution in [3.63, 3.8) is 0 Å². The first-order valence-electron chi connectivity index (χ1n) is 11.1. The number of carbonyl (C=O) groups is 4. The molecule has 8 nitrogen and oxygen atoms in total. The van der Waals surface area contributed by atoms with Crippen LogP contribution in [0.4, 0.5) is 5.69 Å². The van der Waals surface area contributed by atoms with Gasteiger partial charge < -0.3 is 15.3 Å². The number of rotatable bonds is 9. The lowest BCUT2D eigenvalue weighted by Gasteiger charge is -2.32. The Morgan fingerprint density at radius 1 is 1.00 bits per heavy atom. The van der Waals surface area contributed by atoms with Crippen molar-refractivity contribution in [3.8, 4) is 0 Å². The largest absolute Gasteiger partial charge is 0.481 e. The molecule has 1 aromatic carbocycles. The molecule has 0 bridgehead atoms. The van der Waals surface area contributed by atoms with Gasteiger partial charge in [-0.1, -0.05) is 18.6 Å². The number of amides is 3. The SMILES string of the molecule is O=C(O)CCCCCC(=O)N1CCC(c2ccc(NC3CCC(=O)NC3=O)cc2)CC1. The van der Waals surface area contributed by atoms with Gasteiger partial charge in [-0.15, -0.1) is 0 Å². The predicted molar refractivity (Wildman–Crippen MR) is 116 cm³/mol. The average molecular weight is 430 g/mol. The van der Waals surface area contributed by atoms with Gasteiger partial charge >= 0.3 is 5.97 Å². The van der Waals surface area contributed by atoms with Gasteiger partial charge in [-0.05, 0) is 55.7 Å². The Bertz CT molecular complexity index is 800. The molecule has 0 spiro atoms. The summed E-state index contributed by atoms with van der Waals surface area (Å²) in [4.78, 5) is 47.9. The smallest absolute Gasteiger partial charge is 0.303 e. The van der Waals surface area contributed by atoms with E-state index in [1.54, 1.807) is 0 Å². The van der Waals surface area contributed by atoms with E-state index in [1.807, 2.05) is 17.0 Å². The number of piperidine rings is 2. The number of likely N-dealkylation sites (tertiary alicyclic amines) is 1. The fourth-order valence-electron chi connectivity index (χ4n) is 4.23. The monoisotopic (exact) mass is 429 g/mol.